The van der Waals surface area contributed by atoms with Gasteiger partial charge in [0.2, 0.25) is 15.2 Å². The second-order valence-electron chi connectivity index (χ2n) is 8.82. The molecule has 1 saturated heterocycles. The molecule has 2 aliphatic rings. The SMILES string of the molecule is N#CC1(NS(=O)(=O)c2ccc3c4c(N5CCC(O)C5)ncnc4n(-c4nnc(C(F)F)s4)c3c2)CC1. The molecule has 1 saturated carbocycles. The molecule has 1 atom stereocenters. The highest BCUT2D eigenvalue weighted by Gasteiger charge is 2.47. The van der Waals surface area contributed by atoms with Crippen LogP contribution in [-0.2, 0) is 10.0 Å². The van der Waals surface area contributed by atoms with E-state index in [1.54, 1.807) is 6.07 Å². The number of nitriles is 1. The lowest BCUT2D eigenvalue weighted by atomic mass is 10.2. The van der Waals surface area contributed by atoms with Gasteiger partial charge in [-0.1, -0.05) is 17.4 Å². The molecule has 2 N–H and O–H groups in total. The Bertz CT molecular complexity index is 1660. The zero-order valence-corrected chi connectivity index (χ0v) is 20.1. The van der Waals surface area contributed by atoms with E-state index in [2.05, 4.69) is 24.9 Å². The van der Waals surface area contributed by atoms with E-state index in [9.17, 15) is 27.6 Å². The van der Waals surface area contributed by atoms with Crippen LogP contribution < -0.4 is 9.62 Å². The van der Waals surface area contributed by atoms with Gasteiger partial charge in [0.15, 0.2) is 10.7 Å². The molecule has 1 unspecified atom stereocenters. The van der Waals surface area contributed by atoms with Crippen molar-refractivity contribution in [2.24, 2.45) is 0 Å². The Hall–Kier alpha value is -3.32. The van der Waals surface area contributed by atoms with Crippen LogP contribution in [0.4, 0.5) is 14.6 Å². The molecule has 2 fully saturated rings. The van der Waals surface area contributed by atoms with Crippen LogP contribution in [0.2, 0.25) is 0 Å². The number of aromatic nitrogens is 5. The van der Waals surface area contributed by atoms with Crippen molar-refractivity contribution in [3.8, 4) is 11.2 Å². The Labute approximate surface area is 207 Å². The lowest BCUT2D eigenvalue weighted by Crippen LogP contribution is -2.35. The summed E-state index contributed by atoms with van der Waals surface area (Å²) in [6, 6.07) is 6.42. The molecule has 0 bridgehead atoms. The zero-order valence-electron chi connectivity index (χ0n) is 18.5. The highest BCUT2D eigenvalue weighted by molar-refractivity contribution is 7.89. The molecule has 0 amide bonds. The quantitative estimate of drug-likeness (QED) is 0.381. The molecular weight excluding hydrogens is 514 g/mol. The topological polar surface area (TPSA) is 150 Å². The second kappa shape index (κ2) is 8.10. The van der Waals surface area contributed by atoms with Crippen molar-refractivity contribution < 1.29 is 22.3 Å². The fraction of sp³-hybridized carbons (Fsp3) is 0.381. The molecule has 4 aromatic rings. The number of β-amino-alcohol motifs (C(OH)–C–C–N with tert-alkyl or cyclic N) is 1. The molecular formula is C21H18F2N8O3S2. The average Bonchev–Trinajstić information content (AvgIpc) is 3.18. The van der Waals surface area contributed by atoms with E-state index in [1.807, 2.05) is 11.0 Å². The number of hydrogen-bond acceptors (Lipinski definition) is 10. The number of sulfonamides is 1. The van der Waals surface area contributed by atoms with Crippen LogP contribution in [0.3, 0.4) is 0 Å². The van der Waals surface area contributed by atoms with E-state index < -0.39 is 33.1 Å². The highest BCUT2D eigenvalue weighted by Crippen LogP contribution is 2.40. The minimum absolute atomic E-state index is 0.0922. The smallest absolute Gasteiger partial charge is 0.291 e. The number of aliphatic hydroxyl groups excluding tert-OH is 1. The van der Waals surface area contributed by atoms with Crippen LogP contribution >= 0.6 is 11.3 Å². The summed E-state index contributed by atoms with van der Waals surface area (Å²) in [5.41, 5.74) is -0.416. The summed E-state index contributed by atoms with van der Waals surface area (Å²) in [4.78, 5) is 10.6. The Morgan fingerprint density at radius 1 is 1.28 bits per heavy atom. The normalized spacial score (nSPS) is 19.4. The van der Waals surface area contributed by atoms with Gasteiger partial charge in [-0.3, -0.25) is 4.57 Å². The molecule has 6 rings (SSSR count). The number of nitrogens with one attached hydrogen (secondary N) is 1. The number of benzene rings is 1. The van der Waals surface area contributed by atoms with Gasteiger partial charge in [-0.25, -0.2) is 27.2 Å². The first-order chi connectivity index (χ1) is 17.2. The van der Waals surface area contributed by atoms with Crippen molar-refractivity contribution in [1.82, 2.24) is 29.5 Å². The van der Waals surface area contributed by atoms with E-state index in [1.165, 1.54) is 23.0 Å². The lowest BCUT2D eigenvalue weighted by Gasteiger charge is -2.17. The van der Waals surface area contributed by atoms with Crippen LogP contribution in [-0.4, -0.2) is 63.0 Å². The number of aliphatic hydroxyl groups is 1. The number of hydrogen-bond donors (Lipinski definition) is 2. The van der Waals surface area contributed by atoms with Crippen LogP contribution in [0.5, 0.6) is 0 Å². The van der Waals surface area contributed by atoms with Gasteiger partial charge < -0.3 is 10.0 Å². The Morgan fingerprint density at radius 3 is 2.72 bits per heavy atom. The summed E-state index contributed by atoms with van der Waals surface area (Å²) in [5.74, 6) is 0.536. The van der Waals surface area contributed by atoms with Crippen LogP contribution in [0.1, 0.15) is 30.7 Å². The number of alkyl halides is 2. The van der Waals surface area contributed by atoms with Gasteiger partial charge in [-0.15, -0.1) is 10.2 Å². The lowest BCUT2D eigenvalue weighted by molar-refractivity contribution is 0.150. The molecule has 3 aromatic heterocycles. The second-order valence-corrected chi connectivity index (χ2v) is 11.5. The third-order valence-corrected chi connectivity index (χ3v) is 8.82. The molecule has 186 valence electrons. The molecule has 1 aliphatic heterocycles. The first-order valence-corrected chi connectivity index (χ1v) is 13.3. The van der Waals surface area contributed by atoms with Gasteiger partial charge in [-0.2, -0.15) is 9.98 Å². The maximum absolute atomic E-state index is 13.3. The number of anilines is 1. The fourth-order valence-corrected chi connectivity index (χ4v) is 6.53. The van der Waals surface area contributed by atoms with Crippen molar-refractivity contribution in [2.45, 2.75) is 42.2 Å². The third-order valence-electron chi connectivity index (χ3n) is 6.37. The Kier molecular flexibility index (Phi) is 5.20. The summed E-state index contributed by atoms with van der Waals surface area (Å²) in [7, 11) is -4.05. The van der Waals surface area contributed by atoms with Gasteiger partial charge >= 0.3 is 0 Å². The standard InChI is InChI=1S/C21H18F2N8O3S2/c22-16(23)19-27-28-20(35-19)31-14-7-12(36(33,34)29-21(9-24)4-5-21)1-2-13(14)15-17(25-10-26-18(15)31)30-6-3-11(32)8-30/h1-2,7,10-11,16,29,32H,3-6,8H2. The van der Waals surface area contributed by atoms with E-state index in [4.69, 9.17) is 0 Å². The minimum Gasteiger partial charge on any atom is -0.391 e. The van der Waals surface area contributed by atoms with Gasteiger partial charge in [-0.05, 0) is 31.4 Å². The number of nitrogens with zero attached hydrogens (tertiary/aromatic N) is 7. The summed E-state index contributed by atoms with van der Waals surface area (Å²) in [6.07, 6.45) is -0.595. The maximum Gasteiger partial charge on any atom is 0.291 e. The largest absolute Gasteiger partial charge is 0.391 e. The molecule has 0 spiro atoms. The summed E-state index contributed by atoms with van der Waals surface area (Å²) in [6.45, 7) is 0.917. The molecule has 4 heterocycles. The third kappa shape index (κ3) is 3.68. The van der Waals surface area contributed by atoms with Crippen molar-refractivity contribution in [3.63, 3.8) is 0 Å². The van der Waals surface area contributed by atoms with E-state index in [0.29, 0.717) is 71.4 Å². The van der Waals surface area contributed by atoms with Crippen LogP contribution in [0.25, 0.3) is 27.1 Å². The van der Waals surface area contributed by atoms with E-state index >= 15 is 0 Å². The van der Waals surface area contributed by atoms with Crippen LogP contribution in [0, 0.1) is 11.3 Å². The first kappa shape index (κ1) is 23.1. The molecule has 1 aliphatic carbocycles. The molecule has 15 heteroatoms. The molecule has 0 radical (unpaired) electrons. The van der Waals surface area contributed by atoms with Crippen molar-refractivity contribution in [1.29, 1.82) is 5.26 Å². The molecule has 1 aromatic carbocycles. The van der Waals surface area contributed by atoms with E-state index in [-0.39, 0.29) is 10.0 Å². The fourth-order valence-electron chi connectivity index (χ4n) is 4.42. The first-order valence-electron chi connectivity index (χ1n) is 11.0. The highest BCUT2D eigenvalue weighted by atomic mass is 32.2. The Morgan fingerprint density at radius 2 is 2.08 bits per heavy atom. The average molecular weight is 533 g/mol. The Balaban J connectivity index is 1.59. The molecule has 36 heavy (non-hydrogen) atoms. The monoisotopic (exact) mass is 532 g/mol. The van der Waals surface area contributed by atoms with E-state index in [0.717, 1.165) is 0 Å². The van der Waals surface area contributed by atoms with Gasteiger partial charge in [0.05, 0.1) is 28.0 Å². The predicted molar refractivity (Wildman–Crippen MR) is 126 cm³/mol. The number of rotatable bonds is 6. The number of halogens is 2. The van der Waals surface area contributed by atoms with Crippen molar-refractivity contribution in [2.75, 3.05) is 18.0 Å². The van der Waals surface area contributed by atoms with Crippen molar-refractivity contribution in [3.05, 3.63) is 29.5 Å². The maximum atomic E-state index is 13.3. The molecule has 11 nitrogen and oxygen atoms in total. The number of fused-ring (bicyclic) bond motifs is 3. The van der Waals surface area contributed by atoms with Crippen molar-refractivity contribution >= 4 is 49.1 Å². The van der Waals surface area contributed by atoms with Gasteiger partial charge in [0.1, 0.15) is 17.7 Å². The minimum atomic E-state index is -4.05. The summed E-state index contributed by atoms with van der Waals surface area (Å²) < 4.78 is 56.7. The van der Waals surface area contributed by atoms with Gasteiger partial charge in [0.25, 0.3) is 6.43 Å². The predicted octanol–water partition coefficient (Wildman–Crippen LogP) is 2.27. The summed E-state index contributed by atoms with van der Waals surface area (Å²) >= 11 is 0.672. The zero-order chi connectivity index (χ0) is 25.2. The van der Waals surface area contributed by atoms with Gasteiger partial charge in [0, 0.05) is 18.5 Å². The van der Waals surface area contributed by atoms with Crippen LogP contribution in [0.15, 0.2) is 29.4 Å². The summed E-state index contributed by atoms with van der Waals surface area (Å²) in [5, 5.41) is 27.7.